The van der Waals surface area contributed by atoms with Crippen LogP contribution in [0.4, 0.5) is 21.5 Å². The summed E-state index contributed by atoms with van der Waals surface area (Å²) in [5.41, 5.74) is 5.82. The number of hydrogen-bond donors (Lipinski definition) is 3. The van der Waals surface area contributed by atoms with E-state index in [1.807, 2.05) is 54.6 Å². The van der Waals surface area contributed by atoms with Crippen molar-refractivity contribution in [3.05, 3.63) is 125 Å². The predicted octanol–water partition coefficient (Wildman–Crippen LogP) is 6.06. The number of aliphatic imine (C=N–C) groups is 1. The molecule has 0 aliphatic carbocycles. The van der Waals surface area contributed by atoms with Crippen LogP contribution in [0.15, 0.2) is 102 Å². The van der Waals surface area contributed by atoms with Crippen LogP contribution in [0.5, 0.6) is 0 Å². The van der Waals surface area contributed by atoms with Crippen molar-refractivity contribution in [2.45, 2.75) is 31.5 Å². The molecule has 1 fully saturated rings. The number of aliphatic hydroxyl groups excluding tert-OH is 1. The predicted molar refractivity (Wildman–Crippen MR) is 164 cm³/mol. The zero-order valence-electron chi connectivity index (χ0n) is 23.1. The Balaban J connectivity index is 1.25. The van der Waals surface area contributed by atoms with Gasteiger partial charge in [0.2, 0.25) is 5.91 Å². The van der Waals surface area contributed by atoms with E-state index in [1.165, 1.54) is 30.5 Å². The number of hydrogen-bond acceptors (Lipinski definition) is 5. The Labute approximate surface area is 244 Å². The minimum atomic E-state index is -1.27. The van der Waals surface area contributed by atoms with Crippen molar-refractivity contribution in [2.75, 3.05) is 23.7 Å². The Morgan fingerprint density at radius 1 is 1.00 bits per heavy atom. The normalized spacial score (nSPS) is 17.2. The molecule has 0 bridgehead atoms. The number of fused-ring (bicyclic) bond motifs is 1. The van der Waals surface area contributed by atoms with E-state index in [2.05, 4.69) is 39.5 Å². The molecular weight excluding hydrogens is 527 g/mol. The number of likely N-dealkylation sites (tertiary alicyclic amines) is 1. The van der Waals surface area contributed by atoms with Crippen LogP contribution in [0.2, 0.25) is 0 Å². The monoisotopic (exact) mass is 558 g/mol. The second kappa shape index (κ2) is 12.4. The third kappa shape index (κ3) is 6.26. The smallest absolute Gasteiger partial charge is 0.238 e. The van der Waals surface area contributed by atoms with Gasteiger partial charge in [-0.15, -0.1) is 0 Å². The van der Waals surface area contributed by atoms with Crippen molar-refractivity contribution < 1.29 is 14.3 Å². The lowest BCUT2D eigenvalue weighted by Crippen LogP contribution is -2.22. The summed E-state index contributed by atoms with van der Waals surface area (Å²) in [6.45, 7) is 3.23. The summed E-state index contributed by atoms with van der Waals surface area (Å²) in [7, 11) is 0. The minimum Gasteiger partial charge on any atom is -0.363 e. The first-order chi connectivity index (χ1) is 20.5. The number of carbonyl (C=O) groups is 1. The molecule has 1 amide bonds. The Morgan fingerprint density at radius 3 is 2.50 bits per heavy atom. The SMILES string of the molecule is O=C1Nc2cc(C#CC(O)Nc3ccccc3F)ccc2C1C(=Nc1ccc(CN2CCCC2)cc1)c1ccccc1. The van der Waals surface area contributed by atoms with Crippen LogP contribution in [-0.2, 0) is 11.3 Å². The van der Waals surface area contributed by atoms with E-state index in [0.717, 1.165) is 36.4 Å². The summed E-state index contributed by atoms with van der Waals surface area (Å²) in [5, 5.41) is 15.9. The molecule has 210 valence electrons. The van der Waals surface area contributed by atoms with Crippen LogP contribution in [0.3, 0.4) is 0 Å². The number of amides is 1. The zero-order valence-corrected chi connectivity index (χ0v) is 23.1. The van der Waals surface area contributed by atoms with E-state index in [-0.39, 0.29) is 11.6 Å². The van der Waals surface area contributed by atoms with Gasteiger partial charge in [-0.25, -0.2) is 4.39 Å². The molecule has 0 radical (unpaired) electrons. The van der Waals surface area contributed by atoms with Crippen LogP contribution in [0, 0.1) is 17.7 Å². The van der Waals surface area contributed by atoms with Gasteiger partial charge in [0.15, 0.2) is 6.23 Å². The topological polar surface area (TPSA) is 77.0 Å². The van der Waals surface area contributed by atoms with E-state index < -0.39 is 18.0 Å². The van der Waals surface area contributed by atoms with Crippen molar-refractivity contribution in [2.24, 2.45) is 4.99 Å². The van der Waals surface area contributed by atoms with Gasteiger partial charge in [0, 0.05) is 17.8 Å². The standard InChI is InChI=1S/C35H31FN4O2/c36-29-10-4-5-11-30(29)38-32(41)19-15-24-14-18-28-31(22-24)39-35(42)33(28)34(26-8-2-1-3-9-26)37-27-16-12-25(13-17-27)23-40-20-6-7-21-40/h1-5,8-14,16-18,22,32-33,38,41H,6-7,20-21,23H2,(H,39,42). The highest BCUT2D eigenvalue weighted by molar-refractivity contribution is 6.24. The highest BCUT2D eigenvalue weighted by atomic mass is 19.1. The number of anilines is 2. The third-order valence-electron chi connectivity index (χ3n) is 7.54. The minimum absolute atomic E-state index is 0.162. The summed E-state index contributed by atoms with van der Waals surface area (Å²) in [6, 6.07) is 29.6. The van der Waals surface area contributed by atoms with Crippen LogP contribution < -0.4 is 10.6 Å². The van der Waals surface area contributed by atoms with Crippen molar-refractivity contribution in [3.8, 4) is 11.8 Å². The number of nitrogens with zero attached hydrogens (tertiary/aromatic N) is 2. The summed E-state index contributed by atoms with van der Waals surface area (Å²) in [5.74, 6) is 4.36. The lowest BCUT2D eigenvalue weighted by Gasteiger charge is -2.15. The molecule has 0 saturated carbocycles. The maximum absolute atomic E-state index is 13.9. The molecule has 6 nitrogen and oxygen atoms in total. The molecule has 4 aromatic carbocycles. The number of halogens is 1. The third-order valence-corrected chi connectivity index (χ3v) is 7.54. The van der Waals surface area contributed by atoms with Crippen molar-refractivity contribution in [3.63, 3.8) is 0 Å². The van der Waals surface area contributed by atoms with E-state index in [0.29, 0.717) is 17.0 Å². The molecule has 2 atom stereocenters. The molecule has 0 spiro atoms. The van der Waals surface area contributed by atoms with Gasteiger partial charge in [0.1, 0.15) is 11.7 Å². The Hall–Kier alpha value is -4.77. The molecule has 3 N–H and O–H groups in total. The molecule has 1 saturated heterocycles. The van der Waals surface area contributed by atoms with E-state index >= 15 is 0 Å². The zero-order chi connectivity index (χ0) is 28.9. The van der Waals surface area contributed by atoms with Crippen molar-refractivity contribution >= 4 is 28.7 Å². The number of para-hydroxylation sites is 1. The highest BCUT2D eigenvalue weighted by Crippen LogP contribution is 2.37. The van der Waals surface area contributed by atoms with E-state index in [9.17, 15) is 14.3 Å². The maximum Gasteiger partial charge on any atom is 0.238 e. The second-order valence-corrected chi connectivity index (χ2v) is 10.5. The van der Waals surface area contributed by atoms with Gasteiger partial charge in [-0.3, -0.25) is 14.7 Å². The molecule has 2 aliphatic rings. The lowest BCUT2D eigenvalue weighted by molar-refractivity contribution is -0.115. The quantitative estimate of drug-likeness (QED) is 0.146. The van der Waals surface area contributed by atoms with Gasteiger partial charge in [-0.1, -0.05) is 66.6 Å². The average molecular weight is 559 g/mol. The first-order valence-electron chi connectivity index (χ1n) is 14.1. The Bertz CT molecular complexity index is 1670. The van der Waals surface area contributed by atoms with E-state index in [1.54, 1.807) is 18.2 Å². The Morgan fingerprint density at radius 2 is 1.74 bits per heavy atom. The van der Waals surface area contributed by atoms with Gasteiger partial charge in [0.05, 0.1) is 17.1 Å². The van der Waals surface area contributed by atoms with E-state index in [4.69, 9.17) is 4.99 Å². The first-order valence-corrected chi connectivity index (χ1v) is 14.1. The van der Waals surface area contributed by atoms with Crippen molar-refractivity contribution in [1.29, 1.82) is 0 Å². The van der Waals surface area contributed by atoms with Crippen LogP contribution in [0.25, 0.3) is 0 Å². The summed E-state index contributed by atoms with van der Waals surface area (Å²) >= 11 is 0. The number of rotatable bonds is 7. The molecule has 2 unspecified atom stereocenters. The second-order valence-electron chi connectivity index (χ2n) is 10.5. The van der Waals surface area contributed by atoms with Gasteiger partial charge in [0.25, 0.3) is 0 Å². The van der Waals surface area contributed by atoms with Crippen LogP contribution >= 0.6 is 0 Å². The fourth-order valence-electron chi connectivity index (χ4n) is 5.44. The average Bonchev–Trinajstić information content (AvgIpc) is 3.64. The largest absolute Gasteiger partial charge is 0.363 e. The van der Waals surface area contributed by atoms with Gasteiger partial charge < -0.3 is 15.7 Å². The number of nitrogens with one attached hydrogen (secondary N) is 2. The lowest BCUT2D eigenvalue weighted by atomic mass is 9.90. The highest BCUT2D eigenvalue weighted by Gasteiger charge is 2.35. The Kier molecular flexibility index (Phi) is 8.09. The molecule has 2 heterocycles. The van der Waals surface area contributed by atoms with Crippen LogP contribution in [0.1, 0.15) is 41.0 Å². The summed E-state index contributed by atoms with van der Waals surface area (Å²) in [4.78, 5) is 20.8. The molecule has 0 aromatic heterocycles. The molecular formula is C35H31FN4O2. The van der Waals surface area contributed by atoms with Gasteiger partial charge in [-0.2, -0.15) is 0 Å². The fourth-order valence-corrected chi connectivity index (χ4v) is 5.44. The summed E-state index contributed by atoms with van der Waals surface area (Å²) in [6.07, 6.45) is 1.25. The molecule has 42 heavy (non-hydrogen) atoms. The number of benzene rings is 4. The van der Waals surface area contributed by atoms with Crippen LogP contribution in [-0.4, -0.2) is 40.9 Å². The first kappa shape index (κ1) is 27.4. The van der Waals surface area contributed by atoms with Gasteiger partial charge >= 0.3 is 0 Å². The molecule has 6 rings (SSSR count). The summed E-state index contributed by atoms with van der Waals surface area (Å²) < 4.78 is 13.9. The number of aliphatic hydroxyl groups is 1. The fraction of sp³-hybridized carbons (Fsp3) is 0.200. The molecule has 2 aliphatic heterocycles. The molecule has 4 aromatic rings. The van der Waals surface area contributed by atoms with Gasteiger partial charge in [-0.05, 0) is 84.9 Å². The maximum atomic E-state index is 13.9. The van der Waals surface area contributed by atoms with Crippen molar-refractivity contribution in [1.82, 2.24) is 4.90 Å². The molecule has 7 heteroatoms. The number of carbonyl (C=O) groups excluding carboxylic acids is 1.